The maximum atomic E-state index is 5.75. The molecule has 0 saturated heterocycles. The number of rotatable bonds is 2. The van der Waals surface area contributed by atoms with Gasteiger partial charge in [0.05, 0.1) is 0 Å². The first-order chi connectivity index (χ1) is 9.24. The molecular formula is C17H16NO+. The summed E-state index contributed by atoms with van der Waals surface area (Å²) in [6.07, 6.45) is 8.32. The summed E-state index contributed by atoms with van der Waals surface area (Å²) in [5.74, 6) is 0.957. The Hall–Kier alpha value is -2.35. The molecule has 94 valence electrons. The highest BCUT2D eigenvalue weighted by molar-refractivity contribution is 5.91. The average molecular weight is 250 g/mol. The second-order valence-electron chi connectivity index (χ2n) is 4.70. The second kappa shape index (κ2) is 4.73. The zero-order valence-electron chi connectivity index (χ0n) is 11.1. The maximum absolute atomic E-state index is 5.75. The van der Waals surface area contributed by atoms with Crippen LogP contribution in [0, 0.1) is 6.92 Å². The Kier molecular flexibility index (Phi) is 2.92. The molecule has 0 N–H and O–H groups in total. The molecule has 0 aliphatic rings. The number of hydrogen-bond acceptors (Lipinski definition) is 1. The monoisotopic (exact) mass is 250 g/mol. The topological polar surface area (TPSA) is 17.0 Å². The minimum atomic E-state index is 0.944. The molecule has 0 spiro atoms. The van der Waals surface area contributed by atoms with E-state index in [0.29, 0.717) is 0 Å². The summed E-state index contributed by atoms with van der Waals surface area (Å²) in [5.41, 5.74) is 3.28. The fourth-order valence-corrected chi connectivity index (χ4v) is 2.20. The summed E-state index contributed by atoms with van der Waals surface area (Å²) in [7, 11) is 2.02. The SMILES string of the molecule is Cc1oc2ccccc2c1/C=C/c1cc[n+](C)cc1. The smallest absolute Gasteiger partial charge is 0.169 e. The molecule has 0 bridgehead atoms. The molecule has 0 amide bonds. The standard InChI is InChI=1S/C17H16NO/c1-13-15(16-5-3-4-6-17(16)19-13)8-7-14-9-11-18(2)12-10-14/h3-12H,1-2H3/q+1/b8-7+. The van der Waals surface area contributed by atoms with Crippen molar-refractivity contribution in [1.29, 1.82) is 0 Å². The molecule has 2 nitrogen and oxygen atoms in total. The van der Waals surface area contributed by atoms with E-state index in [9.17, 15) is 0 Å². The van der Waals surface area contributed by atoms with Crippen LogP contribution in [-0.2, 0) is 7.05 Å². The number of furan rings is 1. The fraction of sp³-hybridized carbons (Fsp3) is 0.118. The second-order valence-corrected chi connectivity index (χ2v) is 4.70. The number of benzene rings is 1. The molecule has 0 aliphatic heterocycles. The molecule has 0 radical (unpaired) electrons. The van der Waals surface area contributed by atoms with Crippen LogP contribution < -0.4 is 4.57 Å². The van der Waals surface area contributed by atoms with Gasteiger partial charge in [-0.25, -0.2) is 4.57 Å². The Bertz CT molecular complexity index is 736. The summed E-state index contributed by atoms with van der Waals surface area (Å²) in [6.45, 7) is 2.00. The van der Waals surface area contributed by atoms with Crippen LogP contribution in [-0.4, -0.2) is 0 Å². The van der Waals surface area contributed by atoms with Crippen LogP contribution in [0.4, 0.5) is 0 Å². The predicted molar refractivity (Wildman–Crippen MR) is 77.5 cm³/mol. The summed E-state index contributed by atoms with van der Waals surface area (Å²) >= 11 is 0. The fourth-order valence-electron chi connectivity index (χ4n) is 2.20. The van der Waals surface area contributed by atoms with Crippen LogP contribution in [0.5, 0.6) is 0 Å². The highest BCUT2D eigenvalue weighted by Gasteiger charge is 2.06. The van der Waals surface area contributed by atoms with Crippen molar-refractivity contribution in [2.45, 2.75) is 6.92 Å². The summed E-state index contributed by atoms with van der Waals surface area (Å²) in [6, 6.07) is 12.3. The van der Waals surface area contributed by atoms with Crippen LogP contribution in [0.2, 0.25) is 0 Å². The predicted octanol–water partition coefficient (Wildman–Crippen LogP) is 3.74. The minimum Gasteiger partial charge on any atom is -0.461 e. The van der Waals surface area contributed by atoms with Gasteiger partial charge < -0.3 is 4.42 Å². The molecule has 3 rings (SSSR count). The highest BCUT2D eigenvalue weighted by atomic mass is 16.3. The van der Waals surface area contributed by atoms with Crippen molar-refractivity contribution in [1.82, 2.24) is 0 Å². The summed E-state index contributed by atoms with van der Waals surface area (Å²) < 4.78 is 7.77. The van der Waals surface area contributed by atoms with Crippen molar-refractivity contribution in [3.63, 3.8) is 0 Å². The van der Waals surface area contributed by atoms with E-state index in [1.54, 1.807) is 0 Å². The lowest BCUT2D eigenvalue weighted by molar-refractivity contribution is -0.671. The van der Waals surface area contributed by atoms with E-state index in [0.717, 1.165) is 22.3 Å². The van der Waals surface area contributed by atoms with E-state index < -0.39 is 0 Å². The van der Waals surface area contributed by atoms with Crippen molar-refractivity contribution < 1.29 is 8.98 Å². The number of nitrogens with zero attached hydrogens (tertiary/aromatic N) is 1. The Labute approximate surface area is 112 Å². The Morgan fingerprint density at radius 2 is 1.74 bits per heavy atom. The molecule has 1 aromatic carbocycles. The van der Waals surface area contributed by atoms with Gasteiger partial charge in [0.15, 0.2) is 12.4 Å². The Morgan fingerprint density at radius 1 is 1.00 bits per heavy atom. The van der Waals surface area contributed by atoms with Gasteiger partial charge in [-0.3, -0.25) is 0 Å². The number of aryl methyl sites for hydroxylation is 2. The molecule has 0 unspecified atom stereocenters. The van der Waals surface area contributed by atoms with Gasteiger partial charge in [-0.05, 0) is 18.6 Å². The summed E-state index contributed by atoms with van der Waals surface area (Å²) in [4.78, 5) is 0. The van der Waals surface area contributed by atoms with E-state index in [-0.39, 0.29) is 0 Å². The van der Waals surface area contributed by atoms with E-state index in [2.05, 4.69) is 30.4 Å². The van der Waals surface area contributed by atoms with Crippen molar-refractivity contribution in [3.8, 4) is 0 Å². The van der Waals surface area contributed by atoms with Crippen LogP contribution in [0.3, 0.4) is 0 Å². The van der Waals surface area contributed by atoms with Gasteiger partial charge in [-0.2, -0.15) is 0 Å². The first-order valence-corrected chi connectivity index (χ1v) is 6.35. The molecule has 3 aromatic rings. The average Bonchev–Trinajstić information content (AvgIpc) is 2.74. The maximum Gasteiger partial charge on any atom is 0.169 e. The molecule has 19 heavy (non-hydrogen) atoms. The van der Waals surface area contributed by atoms with Gasteiger partial charge in [0.2, 0.25) is 0 Å². The number of hydrogen-bond donors (Lipinski definition) is 0. The van der Waals surface area contributed by atoms with Gasteiger partial charge in [0.1, 0.15) is 18.4 Å². The normalized spacial score (nSPS) is 11.5. The molecular weight excluding hydrogens is 234 g/mol. The van der Waals surface area contributed by atoms with E-state index >= 15 is 0 Å². The van der Waals surface area contributed by atoms with Crippen LogP contribution in [0.1, 0.15) is 16.9 Å². The van der Waals surface area contributed by atoms with Crippen LogP contribution >= 0.6 is 0 Å². The molecule has 2 heteroatoms. The van der Waals surface area contributed by atoms with Crippen molar-refractivity contribution in [3.05, 3.63) is 65.7 Å². The third-order valence-electron chi connectivity index (χ3n) is 3.27. The number of para-hydroxylation sites is 1. The third-order valence-corrected chi connectivity index (χ3v) is 3.27. The number of fused-ring (bicyclic) bond motifs is 1. The Morgan fingerprint density at radius 3 is 2.53 bits per heavy atom. The van der Waals surface area contributed by atoms with Crippen molar-refractivity contribution >= 4 is 23.1 Å². The molecule has 2 aromatic heterocycles. The van der Waals surface area contributed by atoms with E-state index in [1.807, 2.05) is 49.1 Å². The minimum absolute atomic E-state index is 0.944. The number of pyridine rings is 1. The van der Waals surface area contributed by atoms with E-state index in [4.69, 9.17) is 4.42 Å². The number of aromatic nitrogens is 1. The van der Waals surface area contributed by atoms with E-state index in [1.165, 1.54) is 5.56 Å². The molecule has 0 atom stereocenters. The molecule has 0 aliphatic carbocycles. The molecule has 0 fully saturated rings. The molecule has 2 heterocycles. The van der Waals surface area contributed by atoms with Gasteiger partial charge in [0.25, 0.3) is 0 Å². The first-order valence-electron chi connectivity index (χ1n) is 6.35. The highest BCUT2D eigenvalue weighted by Crippen LogP contribution is 2.26. The largest absolute Gasteiger partial charge is 0.461 e. The lowest BCUT2D eigenvalue weighted by atomic mass is 10.1. The lowest BCUT2D eigenvalue weighted by Gasteiger charge is -1.93. The summed E-state index contributed by atoms with van der Waals surface area (Å²) in [5, 5.41) is 1.16. The van der Waals surface area contributed by atoms with Crippen molar-refractivity contribution in [2.24, 2.45) is 7.05 Å². The molecule has 0 saturated carbocycles. The Balaban J connectivity index is 2.01. The quantitative estimate of drug-likeness (QED) is 0.633. The van der Waals surface area contributed by atoms with Gasteiger partial charge in [-0.1, -0.05) is 30.4 Å². The van der Waals surface area contributed by atoms with Gasteiger partial charge in [-0.15, -0.1) is 0 Å². The first kappa shape index (κ1) is 11.7. The zero-order chi connectivity index (χ0) is 13.2. The third kappa shape index (κ3) is 2.29. The van der Waals surface area contributed by atoms with Crippen LogP contribution in [0.15, 0.2) is 53.2 Å². The van der Waals surface area contributed by atoms with Gasteiger partial charge >= 0.3 is 0 Å². The van der Waals surface area contributed by atoms with Crippen molar-refractivity contribution in [2.75, 3.05) is 0 Å². The van der Waals surface area contributed by atoms with Gasteiger partial charge in [0, 0.05) is 23.1 Å². The lowest BCUT2D eigenvalue weighted by Crippen LogP contribution is -2.25. The van der Waals surface area contributed by atoms with Crippen LogP contribution in [0.25, 0.3) is 23.1 Å². The zero-order valence-corrected chi connectivity index (χ0v) is 11.1.